The number of unbranched alkanes of at least 4 members (excludes halogenated alkanes) is 3. The Hall–Kier alpha value is 0. The van der Waals surface area contributed by atoms with E-state index in [2.05, 4.69) is 43.3 Å². The smallest absolute Gasteiger partial charge is 0.191 e. The van der Waals surface area contributed by atoms with E-state index in [0.717, 1.165) is 12.5 Å². The minimum Gasteiger partial charge on any atom is -0.356 e. The lowest BCUT2D eigenvalue weighted by atomic mass is 10.1. The number of nitrogens with zero attached hydrogens (tertiary/aromatic N) is 1. The Kier molecular flexibility index (Phi) is 14.2. The first-order valence-corrected chi connectivity index (χ1v) is 6.59. The summed E-state index contributed by atoms with van der Waals surface area (Å²) < 4.78 is 0. The first-order chi connectivity index (χ1) is 7.61. The van der Waals surface area contributed by atoms with Crippen LogP contribution < -0.4 is 10.6 Å². The van der Waals surface area contributed by atoms with Crippen LogP contribution in [0.25, 0.3) is 0 Å². The van der Waals surface area contributed by atoms with Crippen LogP contribution in [0.15, 0.2) is 4.99 Å². The van der Waals surface area contributed by atoms with Crippen molar-refractivity contribution in [2.75, 3.05) is 13.6 Å². The molecular weight excluding hydrogens is 325 g/mol. The lowest BCUT2D eigenvalue weighted by Gasteiger charge is -2.20. The molecule has 0 aliphatic heterocycles. The molecule has 1 atom stereocenters. The molecule has 0 bridgehead atoms. The number of halogens is 1. The molecule has 0 saturated heterocycles. The standard InChI is InChI=1S/C13H29N3.HI/c1-6-7-8-9-10-15-13(14-5)16-12(4)11(2)3;/h11-12H,6-10H2,1-5H3,(H2,14,15,16);1H. The maximum absolute atomic E-state index is 4.22. The van der Waals surface area contributed by atoms with Crippen molar-refractivity contribution in [2.45, 2.75) is 59.4 Å². The second-order valence-electron chi connectivity index (χ2n) is 4.74. The highest BCUT2D eigenvalue weighted by Gasteiger charge is 2.07. The molecule has 0 aliphatic carbocycles. The quantitative estimate of drug-likeness (QED) is 0.318. The van der Waals surface area contributed by atoms with Gasteiger partial charge < -0.3 is 10.6 Å². The van der Waals surface area contributed by atoms with E-state index in [0.29, 0.717) is 12.0 Å². The van der Waals surface area contributed by atoms with Gasteiger partial charge in [-0.2, -0.15) is 0 Å². The summed E-state index contributed by atoms with van der Waals surface area (Å²) in [4.78, 5) is 4.22. The fourth-order valence-corrected chi connectivity index (χ4v) is 1.34. The molecule has 0 aliphatic rings. The molecule has 0 fully saturated rings. The normalized spacial score (nSPS) is 13.2. The van der Waals surface area contributed by atoms with Crippen LogP contribution >= 0.6 is 24.0 Å². The molecule has 4 heteroatoms. The van der Waals surface area contributed by atoms with Gasteiger partial charge in [0, 0.05) is 19.6 Å². The fourth-order valence-electron chi connectivity index (χ4n) is 1.34. The van der Waals surface area contributed by atoms with E-state index < -0.39 is 0 Å². The predicted octanol–water partition coefficient (Wildman–Crippen LogP) is 3.39. The van der Waals surface area contributed by atoms with Gasteiger partial charge in [-0.1, -0.05) is 40.0 Å². The highest BCUT2D eigenvalue weighted by Crippen LogP contribution is 1.99. The Balaban J connectivity index is 0. The largest absolute Gasteiger partial charge is 0.356 e. The fraction of sp³-hybridized carbons (Fsp3) is 0.923. The number of nitrogens with one attached hydrogen (secondary N) is 2. The summed E-state index contributed by atoms with van der Waals surface area (Å²) in [5.41, 5.74) is 0. The molecule has 104 valence electrons. The summed E-state index contributed by atoms with van der Waals surface area (Å²) in [6.07, 6.45) is 5.15. The van der Waals surface area contributed by atoms with Gasteiger partial charge in [0.2, 0.25) is 0 Å². The van der Waals surface area contributed by atoms with Gasteiger partial charge >= 0.3 is 0 Å². The van der Waals surface area contributed by atoms with Crippen LogP contribution in [0.1, 0.15) is 53.4 Å². The molecule has 0 spiro atoms. The first kappa shape index (κ1) is 19.3. The molecule has 2 N–H and O–H groups in total. The molecule has 0 amide bonds. The lowest BCUT2D eigenvalue weighted by molar-refractivity contribution is 0.480. The molecule has 0 aromatic heterocycles. The number of hydrogen-bond acceptors (Lipinski definition) is 1. The van der Waals surface area contributed by atoms with Crippen molar-refractivity contribution < 1.29 is 0 Å². The molecule has 0 saturated carbocycles. The van der Waals surface area contributed by atoms with Crippen LogP contribution in [0.5, 0.6) is 0 Å². The Bertz CT molecular complexity index is 193. The number of aliphatic imine (C=N–C) groups is 1. The summed E-state index contributed by atoms with van der Waals surface area (Å²) in [5, 5.41) is 6.75. The van der Waals surface area contributed by atoms with Crippen LogP contribution in [0, 0.1) is 5.92 Å². The Morgan fingerprint density at radius 3 is 2.24 bits per heavy atom. The maximum Gasteiger partial charge on any atom is 0.191 e. The van der Waals surface area contributed by atoms with Gasteiger partial charge in [-0.15, -0.1) is 24.0 Å². The van der Waals surface area contributed by atoms with E-state index in [1.807, 2.05) is 7.05 Å². The van der Waals surface area contributed by atoms with E-state index in [1.54, 1.807) is 0 Å². The van der Waals surface area contributed by atoms with E-state index in [4.69, 9.17) is 0 Å². The van der Waals surface area contributed by atoms with Gasteiger partial charge in [-0.25, -0.2) is 0 Å². The Morgan fingerprint density at radius 2 is 1.76 bits per heavy atom. The van der Waals surface area contributed by atoms with Gasteiger partial charge in [0.15, 0.2) is 5.96 Å². The second kappa shape index (κ2) is 12.5. The summed E-state index contributed by atoms with van der Waals surface area (Å²) in [6.45, 7) is 9.87. The molecular formula is C13H30IN3. The summed E-state index contributed by atoms with van der Waals surface area (Å²) in [6, 6.07) is 0.460. The molecule has 17 heavy (non-hydrogen) atoms. The molecule has 0 rings (SSSR count). The van der Waals surface area contributed by atoms with E-state index in [1.165, 1.54) is 25.7 Å². The molecule has 0 radical (unpaired) electrons. The zero-order valence-corrected chi connectivity index (χ0v) is 14.4. The number of hydrogen-bond donors (Lipinski definition) is 2. The average Bonchev–Trinajstić information content (AvgIpc) is 2.26. The van der Waals surface area contributed by atoms with Crippen molar-refractivity contribution in [3.05, 3.63) is 0 Å². The van der Waals surface area contributed by atoms with Crippen LogP contribution in [0.2, 0.25) is 0 Å². The van der Waals surface area contributed by atoms with Crippen molar-refractivity contribution in [1.82, 2.24) is 10.6 Å². The summed E-state index contributed by atoms with van der Waals surface area (Å²) in [7, 11) is 1.83. The van der Waals surface area contributed by atoms with Crippen molar-refractivity contribution in [3.63, 3.8) is 0 Å². The molecule has 0 aromatic carbocycles. The van der Waals surface area contributed by atoms with Crippen molar-refractivity contribution in [1.29, 1.82) is 0 Å². The third kappa shape index (κ3) is 10.9. The molecule has 1 unspecified atom stereocenters. The van der Waals surface area contributed by atoms with Gasteiger partial charge in [-0.05, 0) is 19.3 Å². The predicted molar refractivity (Wildman–Crippen MR) is 88.4 cm³/mol. The van der Waals surface area contributed by atoms with Crippen LogP contribution in [-0.2, 0) is 0 Å². The van der Waals surface area contributed by atoms with Crippen molar-refractivity contribution >= 4 is 29.9 Å². The zero-order chi connectivity index (χ0) is 12.4. The van der Waals surface area contributed by atoms with Crippen LogP contribution in [0.3, 0.4) is 0 Å². The Morgan fingerprint density at radius 1 is 1.12 bits per heavy atom. The average molecular weight is 355 g/mol. The van der Waals surface area contributed by atoms with Crippen LogP contribution in [-0.4, -0.2) is 25.6 Å². The monoisotopic (exact) mass is 355 g/mol. The molecule has 0 aromatic rings. The van der Waals surface area contributed by atoms with Crippen molar-refractivity contribution in [2.24, 2.45) is 10.9 Å². The van der Waals surface area contributed by atoms with Gasteiger partial charge in [-0.3, -0.25) is 4.99 Å². The lowest BCUT2D eigenvalue weighted by Crippen LogP contribution is -2.44. The molecule has 3 nitrogen and oxygen atoms in total. The number of guanidine groups is 1. The third-order valence-electron chi connectivity index (χ3n) is 2.91. The number of rotatable bonds is 7. The zero-order valence-electron chi connectivity index (χ0n) is 12.0. The summed E-state index contributed by atoms with van der Waals surface area (Å²) in [5.74, 6) is 1.55. The van der Waals surface area contributed by atoms with Gasteiger partial charge in [0.05, 0.1) is 0 Å². The van der Waals surface area contributed by atoms with E-state index in [9.17, 15) is 0 Å². The second-order valence-corrected chi connectivity index (χ2v) is 4.74. The van der Waals surface area contributed by atoms with E-state index >= 15 is 0 Å². The molecule has 0 heterocycles. The highest BCUT2D eigenvalue weighted by molar-refractivity contribution is 14.0. The van der Waals surface area contributed by atoms with Crippen molar-refractivity contribution in [3.8, 4) is 0 Å². The topological polar surface area (TPSA) is 36.4 Å². The van der Waals surface area contributed by atoms with Crippen LogP contribution in [0.4, 0.5) is 0 Å². The Labute approximate surface area is 124 Å². The first-order valence-electron chi connectivity index (χ1n) is 6.59. The minimum absolute atomic E-state index is 0. The van der Waals surface area contributed by atoms with Gasteiger partial charge in [0.1, 0.15) is 0 Å². The highest BCUT2D eigenvalue weighted by atomic mass is 127. The van der Waals surface area contributed by atoms with E-state index in [-0.39, 0.29) is 24.0 Å². The summed E-state index contributed by atoms with van der Waals surface area (Å²) >= 11 is 0. The SMILES string of the molecule is CCCCCCNC(=NC)NC(C)C(C)C.I. The maximum atomic E-state index is 4.22. The van der Waals surface area contributed by atoms with Gasteiger partial charge in [0.25, 0.3) is 0 Å². The minimum atomic E-state index is 0. The third-order valence-corrected chi connectivity index (χ3v) is 2.91.